The van der Waals surface area contributed by atoms with Crippen LogP contribution in [0.1, 0.15) is 11.6 Å². The standard InChI is InChI=1S/C18H17N3OS/c1-23-16-4-2-3-15(10-16)21-17(18(19)22)13-5-6-14-11-20-8-7-12(14)9-13/h2-11,17,21H,1H3,(H2,19,22). The fraction of sp³-hybridized carbons (Fsp3) is 0.111. The summed E-state index contributed by atoms with van der Waals surface area (Å²) < 4.78 is 0. The van der Waals surface area contributed by atoms with Crippen LogP contribution in [0.4, 0.5) is 5.69 Å². The molecule has 1 unspecified atom stereocenters. The quantitative estimate of drug-likeness (QED) is 0.704. The summed E-state index contributed by atoms with van der Waals surface area (Å²) in [5, 5.41) is 5.29. The highest BCUT2D eigenvalue weighted by Crippen LogP contribution is 2.25. The third-order valence-corrected chi connectivity index (χ3v) is 4.39. The zero-order chi connectivity index (χ0) is 16.2. The van der Waals surface area contributed by atoms with Gasteiger partial charge in [0, 0.05) is 28.4 Å². The topological polar surface area (TPSA) is 68.0 Å². The van der Waals surface area contributed by atoms with Crippen molar-refractivity contribution in [3.63, 3.8) is 0 Å². The first-order valence-corrected chi connectivity index (χ1v) is 8.43. The van der Waals surface area contributed by atoms with E-state index in [4.69, 9.17) is 5.73 Å². The second kappa shape index (κ2) is 6.71. The van der Waals surface area contributed by atoms with Crippen molar-refractivity contribution in [3.05, 3.63) is 66.5 Å². The van der Waals surface area contributed by atoms with Gasteiger partial charge >= 0.3 is 0 Å². The number of thioether (sulfide) groups is 1. The molecule has 1 amide bonds. The van der Waals surface area contributed by atoms with Crippen LogP contribution in [-0.2, 0) is 4.79 Å². The molecule has 0 aliphatic heterocycles. The third kappa shape index (κ3) is 3.46. The maximum absolute atomic E-state index is 11.9. The number of aromatic nitrogens is 1. The van der Waals surface area contributed by atoms with Crippen LogP contribution >= 0.6 is 11.8 Å². The Labute approximate surface area is 139 Å². The Morgan fingerprint density at radius 2 is 2.04 bits per heavy atom. The van der Waals surface area contributed by atoms with Crippen LogP contribution in [0, 0.1) is 0 Å². The second-order valence-electron chi connectivity index (χ2n) is 5.19. The van der Waals surface area contributed by atoms with E-state index in [1.54, 1.807) is 24.2 Å². The lowest BCUT2D eigenvalue weighted by molar-refractivity contribution is -0.118. The van der Waals surface area contributed by atoms with Gasteiger partial charge < -0.3 is 11.1 Å². The lowest BCUT2D eigenvalue weighted by atomic mass is 10.0. The average Bonchev–Trinajstić information content (AvgIpc) is 2.59. The number of nitrogens with two attached hydrogens (primary N) is 1. The van der Waals surface area contributed by atoms with Gasteiger partial charge in [0.25, 0.3) is 0 Å². The summed E-state index contributed by atoms with van der Waals surface area (Å²) in [5.74, 6) is -0.409. The third-order valence-electron chi connectivity index (χ3n) is 3.66. The number of rotatable bonds is 5. The van der Waals surface area contributed by atoms with Crippen molar-refractivity contribution in [2.75, 3.05) is 11.6 Å². The number of nitrogens with one attached hydrogen (secondary N) is 1. The van der Waals surface area contributed by atoms with Crippen molar-refractivity contribution < 1.29 is 4.79 Å². The van der Waals surface area contributed by atoms with Crippen molar-refractivity contribution >= 4 is 34.1 Å². The Hall–Kier alpha value is -2.53. The summed E-state index contributed by atoms with van der Waals surface area (Å²) in [4.78, 5) is 17.2. The van der Waals surface area contributed by atoms with Crippen molar-refractivity contribution in [2.24, 2.45) is 5.73 Å². The van der Waals surface area contributed by atoms with Crippen LogP contribution in [0.25, 0.3) is 10.8 Å². The maximum atomic E-state index is 11.9. The highest BCUT2D eigenvalue weighted by molar-refractivity contribution is 7.98. The maximum Gasteiger partial charge on any atom is 0.244 e. The molecule has 3 aromatic rings. The number of carbonyl (C=O) groups excluding carboxylic acids is 1. The number of amides is 1. The van der Waals surface area contributed by atoms with Gasteiger partial charge in [0.05, 0.1) is 0 Å². The minimum atomic E-state index is -0.579. The minimum Gasteiger partial charge on any atom is -0.370 e. The molecule has 23 heavy (non-hydrogen) atoms. The van der Waals surface area contributed by atoms with Gasteiger partial charge in [-0.05, 0) is 47.5 Å². The van der Waals surface area contributed by atoms with Crippen molar-refractivity contribution in [2.45, 2.75) is 10.9 Å². The molecule has 1 heterocycles. The van der Waals surface area contributed by atoms with E-state index in [9.17, 15) is 4.79 Å². The number of hydrogen-bond acceptors (Lipinski definition) is 4. The lowest BCUT2D eigenvalue weighted by Crippen LogP contribution is -2.27. The van der Waals surface area contributed by atoms with Gasteiger partial charge in [0.1, 0.15) is 6.04 Å². The van der Waals surface area contributed by atoms with Gasteiger partial charge in [-0.1, -0.05) is 18.2 Å². The summed E-state index contributed by atoms with van der Waals surface area (Å²) >= 11 is 1.65. The van der Waals surface area contributed by atoms with Crippen LogP contribution in [0.2, 0.25) is 0 Å². The number of primary amides is 1. The van der Waals surface area contributed by atoms with E-state index in [0.717, 1.165) is 26.9 Å². The fourth-order valence-corrected chi connectivity index (χ4v) is 2.94. The fourth-order valence-electron chi connectivity index (χ4n) is 2.48. The molecule has 0 spiro atoms. The SMILES string of the molecule is CSc1cccc(NC(C(N)=O)c2ccc3cnccc3c2)c1. The molecule has 0 aliphatic rings. The largest absolute Gasteiger partial charge is 0.370 e. The molecule has 0 saturated carbocycles. The molecular weight excluding hydrogens is 306 g/mol. The van der Waals surface area contributed by atoms with Crippen LogP contribution < -0.4 is 11.1 Å². The Morgan fingerprint density at radius 1 is 1.17 bits per heavy atom. The number of nitrogens with zero attached hydrogens (tertiary/aromatic N) is 1. The minimum absolute atomic E-state index is 0.409. The highest BCUT2D eigenvalue weighted by atomic mass is 32.2. The predicted molar refractivity (Wildman–Crippen MR) is 95.5 cm³/mol. The normalized spacial score (nSPS) is 12.0. The predicted octanol–water partition coefficient (Wildman–Crippen LogP) is 3.60. The van der Waals surface area contributed by atoms with Crippen LogP contribution in [0.3, 0.4) is 0 Å². The van der Waals surface area contributed by atoms with Crippen molar-refractivity contribution in [1.29, 1.82) is 0 Å². The smallest absolute Gasteiger partial charge is 0.244 e. The van der Waals surface area contributed by atoms with Crippen molar-refractivity contribution in [1.82, 2.24) is 4.98 Å². The zero-order valence-electron chi connectivity index (χ0n) is 12.7. The molecule has 4 nitrogen and oxygen atoms in total. The van der Waals surface area contributed by atoms with E-state index in [1.165, 1.54) is 0 Å². The van der Waals surface area contributed by atoms with E-state index in [-0.39, 0.29) is 0 Å². The lowest BCUT2D eigenvalue weighted by Gasteiger charge is -2.18. The van der Waals surface area contributed by atoms with E-state index in [2.05, 4.69) is 10.3 Å². The van der Waals surface area contributed by atoms with Crippen LogP contribution in [0.5, 0.6) is 0 Å². The number of hydrogen-bond donors (Lipinski definition) is 2. The van der Waals surface area contributed by atoms with Crippen LogP contribution in [0.15, 0.2) is 65.8 Å². The monoisotopic (exact) mass is 323 g/mol. The first-order chi connectivity index (χ1) is 11.2. The molecule has 116 valence electrons. The highest BCUT2D eigenvalue weighted by Gasteiger charge is 2.18. The van der Waals surface area contributed by atoms with Gasteiger partial charge in [-0.25, -0.2) is 0 Å². The van der Waals surface area contributed by atoms with Gasteiger partial charge in [0.15, 0.2) is 0 Å². The van der Waals surface area contributed by atoms with E-state index in [0.29, 0.717) is 0 Å². The second-order valence-corrected chi connectivity index (χ2v) is 6.07. The molecule has 2 aromatic carbocycles. The molecule has 0 aliphatic carbocycles. The molecule has 3 N–H and O–H groups in total. The van der Waals surface area contributed by atoms with Gasteiger partial charge in [0.2, 0.25) is 5.91 Å². The Kier molecular flexibility index (Phi) is 4.48. The molecule has 3 rings (SSSR count). The number of pyridine rings is 1. The number of carbonyl (C=O) groups is 1. The first-order valence-electron chi connectivity index (χ1n) is 7.21. The van der Waals surface area contributed by atoms with Gasteiger partial charge in [-0.2, -0.15) is 0 Å². The van der Waals surface area contributed by atoms with Crippen LogP contribution in [-0.4, -0.2) is 17.1 Å². The number of anilines is 1. The molecule has 0 radical (unpaired) electrons. The zero-order valence-corrected chi connectivity index (χ0v) is 13.5. The Balaban J connectivity index is 1.95. The van der Waals surface area contributed by atoms with E-state index in [1.807, 2.05) is 54.8 Å². The molecule has 1 atom stereocenters. The molecule has 0 bridgehead atoms. The summed E-state index contributed by atoms with van der Waals surface area (Å²) in [5.41, 5.74) is 7.32. The molecule has 0 fully saturated rings. The molecule has 1 aromatic heterocycles. The summed E-state index contributed by atoms with van der Waals surface area (Å²) in [6.45, 7) is 0. The molecule has 5 heteroatoms. The van der Waals surface area contributed by atoms with Gasteiger partial charge in [-0.3, -0.25) is 9.78 Å². The summed E-state index contributed by atoms with van der Waals surface area (Å²) in [7, 11) is 0. The Morgan fingerprint density at radius 3 is 2.83 bits per heavy atom. The Bertz CT molecular complexity index is 850. The van der Waals surface area contributed by atoms with E-state index < -0.39 is 11.9 Å². The summed E-state index contributed by atoms with van der Waals surface area (Å²) in [6, 6.07) is 15.1. The van der Waals surface area contributed by atoms with E-state index >= 15 is 0 Å². The average molecular weight is 323 g/mol. The van der Waals surface area contributed by atoms with Gasteiger partial charge in [-0.15, -0.1) is 11.8 Å². The first kappa shape index (κ1) is 15.4. The molecule has 0 saturated heterocycles. The number of fused-ring (bicyclic) bond motifs is 1. The number of benzene rings is 2. The van der Waals surface area contributed by atoms with Crippen molar-refractivity contribution in [3.8, 4) is 0 Å². The molecular formula is C18H17N3OS. The summed E-state index contributed by atoms with van der Waals surface area (Å²) in [6.07, 6.45) is 5.55.